The van der Waals surface area contributed by atoms with Crippen LogP contribution in [0.15, 0.2) is 42.5 Å². The van der Waals surface area contributed by atoms with Crippen molar-refractivity contribution in [2.75, 3.05) is 11.9 Å². The normalized spacial score (nSPS) is 11.1. The van der Waals surface area contributed by atoms with Gasteiger partial charge in [-0.3, -0.25) is 9.69 Å². The Morgan fingerprint density at radius 1 is 1.38 bits per heavy atom. The highest BCUT2D eigenvalue weighted by molar-refractivity contribution is 6.02. The summed E-state index contributed by atoms with van der Waals surface area (Å²) < 4.78 is 0. The van der Waals surface area contributed by atoms with Gasteiger partial charge in [-0.1, -0.05) is 24.3 Å². The molecular formula is C13H14N2O. The first-order valence-electron chi connectivity index (χ1n) is 5.20. The van der Waals surface area contributed by atoms with Crippen molar-refractivity contribution in [3.05, 3.63) is 42.5 Å². The molecule has 1 amide bonds. The van der Waals surface area contributed by atoms with Crippen LogP contribution in [0.5, 0.6) is 0 Å². The van der Waals surface area contributed by atoms with E-state index >= 15 is 0 Å². The zero-order valence-corrected chi connectivity index (χ0v) is 9.40. The second-order valence-corrected chi connectivity index (χ2v) is 3.64. The van der Waals surface area contributed by atoms with Gasteiger partial charge in [-0.25, -0.2) is 0 Å². The molecule has 0 atom stereocenters. The Hall–Kier alpha value is -2.03. The van der Waals surface area contributed by atoms with Gasteiger partial charge in [0.2, 0.25) is 0 Å². The highest BCUT2D eigenvalue weighted by atomic mass is 16.2. The summed E-state index contributed by atoms with van der Waals surface area (Å²) in [6.45, 7) is 1.83. The second-order valence-electron chi connectivity index (χ2n) is 3.64. The Balaban J connectivity index is 2.36. The highest BCUT2D eigenvalue weighted by Gasteiger charge is 2.09. The molecule has 82 valence electrons. The first-order valence-corrected chi connectivity index (χ1v) is 5.20. The molecule has 0 saturated carbocycles. The van der Waals surface area contributed by atoms with Gasteiger partial charge < -0.3 is 4.98 Å². The van der Waals surface area contributed by atoms with E-state index in [0.29, 0.717) is 0 Å². The number of aromatic nitrogens is 1. The zero-order chi connectivity index (χ0) is 11.5. The van der Waals surface area contributed by atoms with E-state index in [4.69, 9.17) is 0 Å². The van der Waals surface area contributed by atoms with Gasteiger partial charge in [-0.2, -0.15) is 0 Å². The minimum atomic E-state index is -0.0333. The predicted molar refractivity (Wildman–Crippen MR) is 66.5 cm³/mol. The van der Waals surface area contributed by atoms with Gasteiger partial charge >= 0.3 is 0 Å². The van der Waals surface area contributed by atoms with Gasteiger partial charge in [0.1, 0.15) is 5.82 Å². The van der Waals surface area contributed by atoms with Crippen LogP contribution in [-0.4, -0.2) is 17.9 Å². The number of carbonyl (C=O) groups excluding carboxylic acids is 1. The molecule has 0 radical (unpaired) electrons. The monoisotopic (exact) mass is 214 g/mol. The number of hydrogen-bond donors (Lipinski definition) is 1. The molecule has 0 spiro atoms. The molecule has 0 aliphatic carbocycles. The van der Waals surface area contributed by atoms with E-state index in [9.17, 15) is 4.79 Å². The number of amides is 1. The van der Waals surface area contributed by atoms with E-state index in [-0.39, 0.29) is 5.91 Å². The predicted octanol–water partition coefficient (Wildman–Crippen LogP) is 2.71. The molecule has 1 aromatic heterocycles. The van der Waals surface area contributed by atoms with Crippen molar-refractivity contribution in [1.82, 2.24) is 4.98 Å². The van der Waals surface area contributed by atoms with Crippen LogP contribution in [0.25, 0.3) is 10.9 Å². The molecule has 2 rings (SSSR count). The Bertz CT molecular complexity index is 507. The lowest BCUT2D eigenvalue weighted by Gasteiger charge is -2.12. The Morgan fingerprint density at radius 3 is 2.81 bits per heavy atom. The van der Waals surface area contributed by atoms with Gasteiger partial charge in [-0.15, -0.1) is 0 Å². The van der Waals surface area contributed by atoms with Crippen molar-refractivity contribution in [1.29, 1.82) is 0 Å². The van der Waals surface area contributed by atoms with Crippen molar-refractivity contribution >= 4 is 22.6 Å². The lowest BCUT2D eigenvalue weighted by Crippen LogP contribution is -2.24. The SMILES string of the molecule is CC=CC(=O)N(C)c1cc2ccccc2[nH]1. The van der Waals surface area contributed by atoms with Gasteiger partial charge in [0.15, 0.2) is 0 Å². The van der Waals surface area contributed by atoms with Crippen molar-refractivity contribution in [2.45, 2.75) is 6.92 Å². The number of nitrogens with zero attached hydrogens (tertiary/aromatic N) is 1. The molecule has 0 fully saturated rings. The van der Waals surface area contributed by atoms with Crippen LogP contribution in [0, 0.1) is 0 Å². The molecule has 16 heavy (non-hydrogen) atoms. The van der Waals surface area contributed by atoms with Crippen molar-refractivity contribution < 1.29 is 4.79 Å². The quantitative estimate of drug-likeness (QED) is 0.766. The fraction of sp³-hybridized carbons (Fsp3) is 0.154. The van der Waals surface area contributed by atoms with Crippen molar-refractivity contribution in [3.63, 3.8) is 0 Å². The van der Waals surface area contributed by atoms with E-state index in [0.717, 1.165) is 16.7 Å². The number of carbonyl (C=O) groups is 1. The molecule has 3 nitrogen and oxygen atoms in total. The summed E-state index contributed by atoms with van der Waals surface area (Å²) in [6.07, 6.45) is 3.28. The fourth-order valence-electron chi connectivity index (χ4n) is 1.61. The summed E-state index contributed by atoms with van der Waals surface area (Å²) in [5.74, 6) is 0.776. The Morgan fingerprint density at radius 2 is 2.12 bits per heavy atom. The average molecular weight is 214 g/mol. The molecule has 1 aromatic carbocycles. The summed E-state index contributed by atoms with van der Waals surface area (Å²) in [5.41, 5.74) is 1.04. The third-order valence-electron chi connectivity index (χ3n) is 2.52. The van der Waals surface area contributed by atoms with E-state index in [1.807, 2.05) is 37.3 Å². The number of para-hydroxylation sites is 1. The highest BCUT2D eigenvalue weighted by Crippen LogP contribution is 2.20. The minimum Gasteiger partial charge on any atom is -0.341 e. The summed E-state index contributed by atoms with van der Waals surface area (Å²) >= 11 is 0. The number of anilines is 1. The molecular weight excluding hydrogens is 200 g/mol. The molecule has 0 aliphatic heterocycles. The molecule has 0 unspecified atom stereocenters. The topological polar surface area (TPSA) is 36.1 Å². The van der Waals surface area contributed by atoms with Gasteiger partial charge in [0.25, 0.3) is 5.91 Å². The number of allylic oxidation sites excluding steroid dienone is 1. The lowest BCUT2D eigenvalue weighted by molar-refractivity contribution is -0.113. The number of H-pyrrole nitrogens is 1. The standard InChI is InChI=1S/C13H14N2O/c1-3-6-13(16)15(2)12-9-10-7-4-5-8-11(10)14-12/h3-9,14H,1-2H3. The van der Waals surface area contributed by atoms with Crippen LogP contribution in [0.4, 0.5) is 5.82 Å². The number of likely N-dealkylation sites (N-methyl/N-ethyl adjacent to an activating group) is 1. The first kappa shape index (κ1) is 10.5. The smallest absolute Gasteiger partial charge is 0.251 e. The summed E-state index contributed by atoms with van der Waals surface area (Å²) in [7, 11) is 1.76. The first-order chi connectivity index (χ1) is 7.72. The van der Waals surface area contributed by atoms with E-state index in [1.165, 1.54) is 0 Å². The molecule has 0 saturated heterocycles. The summed E-state index contributed by atoms with van der Waals surface area (Å²) in [6, 6.07) is 9.93. The second kappa shape index (κ2) is 4.23. The maximum atomic E-state index is 11.6. The van der Waals surface area contributed by atoms with Crippen molar-refractivity contribution in [3.8, 4) is 0 Å². The van der Waals surface area contributed by atoms with Crippen LogP contribution in [0.2, 0.25) is 0 Å². The molecule has 0 bridgehead atoms. The largest absolute Gasteiger partial charge is 0.341 e. The van der Waals surface area contributed by atoms with Crippen LogP contribution in [0.3, 0.4) is 0 Å². The molecule has 1 heterocycles. The molecule has 2 aromatic rings. The third kappa shape index (κ3) is 1.84. The third-order valence-corrected chi connectivity index (χ3v) is 2.52. The summed E-state index contributed by atoms with van der Waals surface area (Å²) in [5, 5.41) is 1.11. The molecule has 1 N–H and O–H groups in total. The average Bonchev–Trinajstić information content (AvgIpc) is 2.71. The van der Waals surface area contributed by atoms with Gasteiger partial charge in [0, 0.05) is 18.0 Å². The number of rotatable bonds is 2. The Labute approximate surface area is 94.4 Å². The van der Waals surface area contributed by atoms with Crippen LogP contribution in [-0.2, 0) is 4.79 Å². The van der Waals surface area contributed by atoms with Gasteiger partial charge in [-0.05, 0) is 25.1 Å². The van der Waals surface area contributed by atoms with E-state index < -0.39 is 0 Å². The maximum Gasteiger partial charge on any atom is 0.251 e. The number of nitrogens with one attached hydrogen (secondary N) is 1. The Kier molecular flexibility index (Phi) is 2.77. The van der Waals surface area contributed by atoms with Gasteiger partial charge in [0.05, 0.1) is 0 Å². The van der Waals surface area contributed by atoms with Crippen LogP contribution < -0.4 is 4.90 Å². The lowest BCUT2D eigenvalue weighted by atomic mass is 10.2. The van der Waals surface area contributed by atoms with Crippen molar-refractivity contribution in [2.24, 2.45) is 0 Å². The fourth-order valence-corrected chi connectivity index (χ4v) is 1.61. The maximum absolute atomic E-state index is 11.6. The van der Waals surface area contributed by atoms with E-state index in [1.54, 1.807) is 24.1 Å². The minimum absolute atomic E-state index is 0.0333. The number of benzene rings is 1. The summed E-state index contributed by atoms with van der Waals surface area (Å²) in [4.78, 5) is 16.4. The molecule has 3 heteroatoms. The van der Waals surface area contributed by atoms with Crippen LogP contribution in [0.1, 0.15) is 6.92 Å². The number of hydrogen-bond acceptors (Lipinski definition) is 1. The zero-order valence-electron chi connectivity index (χ0n) is 9.40. The van der Waals surface area contributed by atoms with E-state index in [2.05, 4.69) is 4.98 Å². The molecule has 0 aliphatic rings. The van der Waals surface area contributed by atoms with Crippen LogP contribution >= 0.6 is 0 Å². The number of aromatic amines is 1. The number of fused-ring (bicyclic) bond motifs is 1.